The molecule has 0 radical (unpaired) electrons. The van der Waals surface area contributed by atoms with Crippen molar-refractivity contribution in [3.05, 3.63) is 46.0 Å². The lowest BCUT2D eigenvalue weighted by Gasteiger charge is -2.06. The van der Waals surface area contributed by atoms with Gasteiger partial charge >= 0.3 is 0 Å². The monoisotopic (exact) mass is 328 g/mol. The van der Waals surface area contributed by atoms with Crippen LogP contribution in [0.15, 0.2) is 29.2 Å². The maximum absolute atomic E-state index is 12.7. The van der Waals surface area contributed by atoms with Gasteiger partial charge in [0.1, 0.15) is 17.0 Å². The second-order valence-electron chi connectivity index (χ2n) is 5.73. The lowest BCUT2D eigenvalue weighted by molar-refractivity contribution is 0.0941. The first-order valence-corrected chi connectivity index (χ1v) is 7.79. The molecule has 3 aromatic rings. The molecule has 7 heteroatoms. The highest BCUT2D eigenvalue weighted by atomic mass is 16.5. The molecule has 0 bridgehead atoms. The first kappa shape index (κ1) is 16.2. The van der Waals surface area contributed by atoms with E-state index in [0.717, 1.165) is 12.0 Å². The fraction of sp³-hybridized carbons (Fsp3) is 0.353. The van der Waals surface area contributed by atoms with Crippen molar-refractivity contribution in [2.45, 2.75) is 13.3 Å². The summed E-state index contributed by atoms with van der Waals surface area (Å²) in [5, 5.41) is 3.26. The van der Waals surface area contributed by atoms with Gasteiger partial charge in [-0.1, -0.05) is 6.07 Å². The van der Waals surface area contributed by atoms with Gasteiger partial charge in [-0.2, -0.15) is 0 Å². The van der Waals surface area contributed by atoms with Crippen molar-refractivity contribution in [1.29, 1.82) is 0 Å². The summed E-state index contributed by atoms with van der Waals surface area (Å²) >= 11 is 0. The molecule has 0 aliphatic heterocycles. The van der Waals surface area contributed by atoms with Gasteiger partial charge in [0.15, 0.2) is 0 Å². The quantitative estimate of drug-likeness (QED) is 0.715. The van der Waals surface area contributed by atoms with Crippen molar-refractivity contribution in [1.82, 2.24) is 19.3 Å². The number of amides is 1. The van der Waals surface area contributed by atoms with Crippen LogP contribution in [0.5, 0.6) is 0 Å². The third kappa shape index (κ3) is 2.67. The maximum Gasteiger partial charge on any atom is 0.267 e. The van der Waals surface area contributed by atoms with Gasteiger partial charge in [-0.25, -0.2) is 4.98 Å². The largest absolute Gasteiger partial charge is 0.385 e. The van der Waals surface area contributed by atoms with Crippen LogP contribution >= 0.6 is 0 Å². The van der Waals surface area contributed by atoms with E-state index < -0.39 is 0 Å². The van der Waals surface area contributed by atoms with E-state index in [1.807, 2.05) is 19.1 Å². The minimum atomic E-state index is -0.225. The average Bonchev–Trinajstić information content (AvgIpc) is 2.90. The molecule has 24 heavy (non-hydrogen) atoms. The molecule has 0 aliphatic carbocycles. The van der Waals surface area contributed by atoms with Crippen LogP contribution in [0.4, 0.5) is 0 Å². The predicted octanol–water partition coefficient (Wildman–Crippen LogP) is 1.26. The van der Waals surface area contributed by atoms with Crippen molar-refractivity contribution < 1.29 is 9.53 Å². The number of pyridine rings is 1. The number of carbonyl (C=O) groups is 1. The lowest BCUT2D eigenvalue weighted by atomic mass is 10.3. The number of hydrogen-bond acceptors (Lipinski definition) is 4. The van der Waals surface area contributed by atoms with Crippen molar-refractivity contribution in [2.75, 3.05) is 20.3 Å². The van der Waals surface area contributed by atoms with Crippen LogP contribution in [0.25, 0.3) is 16.7 Å². The molecule has 7 nitrogen and oxygen atoms in total. The number of rotatable bonds is 5. The third-order valence-corrected chi connectivity index (χ3v) is 4.07. The summed E-state index contributed by atoms with van der Waals surface area (Å²) in [4.78, 5) is 29.6. The van der Waals surface area contributed by atoms with Crippen molar-refractivity contribution in [2.24, 2.45) is 7.05 Å². The SMILES string of the molecule is COCCCNC(=O)c1cc2c(=O)n3cccc(C)c3nc2n1C. The number of hydrogen-bond donors (Lipinski definition) is 1. The predicted molar refractivity (Wildman–Crippen MR) is 91.5 cm³/mol. The van der Waals surface area contributed by atoms with Gasteiger partial charge < -0.3 is 14.6 Å². The van der Waals surface area contributed by atoms with Crippen LogP contribution in [-0.2, 0) is 11.8 Å². The Morgan fingerprint density at radius 2 is 2.17 bits per heavy atom. The minimum Gasteiger partial charge on any atom is -0.385 e. The highest BCUT2D eigenvalue weighted by Crippen LogP contribution is 2.16. The molecule has 0 fully saturated rings. The van der Waals surface area contributed by atoms with E-state index in [2.05, 4.69) is 10.3 Å². The normalized spacial score (nSPS) is 11.3. The van der Waals surface area contributed by atoms with Gasteiger partial charge in [0.05, 0.1) is 5.39 Å². The molecule has 0 aromatic carbocycles. The topological polar surface area (TPSA) is 77.6 Å². The standard InChI is InChI=1S/C17H20N4O3/c1-11-6-4-8-21-14(11)19-15-12(17(21)23)10-13(20(15)2)16(22)18-7-5-9-24-3/h4,6,8,10H,5,7,9H2,1-3H3,(H,18,22). The zero-order valence-electron chi connectivity index (χ0n) is 14.0. The molecule has 0 spiro atoms. The summed E-state index contributed by atoms with van der Waals surface area (Å²) < 4.78 is 8.13. The summed E-state index contributed by atoms with van der Waals surface area (Å²) in [5.74, 6) is -0.225. The van der Waals surface area contributed by atoms with Crippen LogP contribution in [-0.4, -0.2) is 40.1 Å². The Labute approximate surface area is 138 Å². The number of ether oxygens (including phenoxy) is 1. The molecule has 0 unspecified atom stereocenters. The number of aromatic nitrogens is 3. The van der Waals surface area contributed by atoms with Gasteiger partial charge in [0.2, 0.25) is 0 Å². The maximum atomic E-state index is 12.7. The van der Waals surface area contributed by atoms with Crippen molar-refractivity contribution in [3.63, 3.8) is 0 Å². The molecular weight excluding hydrogens is 308 g/mol. The minimum absolute atomic E-state index is 0.173. The summed E-state index contributed by atoms with van der Waals surface area (Å²) in [6.45, 7) is 3.00. The van der Waals surface area contributed by atoms with E-state index in [9.17, 15) is 9.59 Å². The number of nitrogens with zero attached hydrogens (tertiary/aromatic N) is 3. The second-order valence-corrected chi connectivity index (χ2v) is 5.73. The number of carbonyl (C=O) groups excluding carboxylic acids is 1. The molecule has 0 atom stereocenters. The van der Waals surface area contributed by atoms with Crippen molar-refractivity contribution >= 4 is 22.6 Å². The molecule has 3 heterocycles. The Bertz CT molecular complexity index is 971. The summed E-state index contributed by atoms with van der Waals surface area (Å²) in [6, 6.07) is 5.31. The smallest absolute Gasteiger partial charge is 0.267 e. The molecule has 0 saturated carbocycles. The fourth-order valence-corrected chi connectivity index (χ4v) is 2.76. The Kier molecular flexibility index (Phi) is 4.35. The van der Waals surface area contributed by atoms with Gasteiger partial charge in [0.25, 0.3) is 11.5 Å². The van der Waals surface area contributed by atoms with E-state index in [1.54, 1.807) is 31.0 Å². The third-order valence-electron chi connectivity index (χ3n) is 4.07. The zero-order chi connectivity index (χ0) is 17.3. The molecular formula is C17H20N4O3. The summed E-state index contributed by atoms with van der Waals surface area (Å²) in [7, 11) is 3.37. The summed E-state index contributed by atoms with van der Waals surface area (Å²) in [6.07, 6.45) is 2.42. The number of methoxy groups -OCH3 is 1. The Balaban J connectivity index is 2.06. The van der Waals surface area contributed by atoms with Gasteiger partial charge in [-0.15, -0.1) is 0 Å². The Morgan fingerprint density at radius 1 is 1.38 bits per heavy atom. The van der Waals surface area contributed by atoms with Crippen LogP contribution in [0.1, 0.15) is 22.5 Å². The van der Waals surface area contributed by atoms with E-state index in [4.69, 9.17) is 4.74 Å². The first-order chi connectivity index (χ1) is 11.5. The zero-order valence-corrected chi connectivity index (χ0v) is 14.0. The molecule has 3 rings (SSSR count). The number of aryl methyl sites for hydroxylation is 2. The Morgan fingerprint density at radius 3 is 2.92 bits per heavy atom. The molecule has 0 aliphatic rings. The first-order valence-electron chi connectivity index (χ1n) is 7.79. The second kappa shape index (κ2) is 6.45. The number of nitrogens with one attached hydrogen (secondary N) is 1. The molecule has 3 aromatic heterocycles. The van der Waals surface area contributed by atoms with Crippen LogP contribution in [0.3, 0.4) is 0 Å². The van der Waals surface area contributed by atoms with Gasteiger partial charge in [-0.3, -0.25) is 14.0 Å². The van der Waals surface area contributed by atoms with Crippen LogP contribution in [0.2, 0.25) is 0 Å². The van der Waals surface area contributed by atoms with Crippen LogP contribution < -0.4 is 10.9 Å². The van der Waals surface area contributed by atoms with E-state index in [0.29, 0.717) is 35.5 Å². The van der Waals surface area contributed by atoms with Gasteiger partial charge in [-0.05, 0) is 31.0 Å². The number of fused-ring (bicyclic) bond motifs is 2. The highest BCUT2D eigenvalue weighted by molar-refractivity contribution is 5.98. The van der Waals surface area contributed by atoms with E-state index in [-0.39, 0.29) is 11.5 Å². The molecule has 126 valence electrons. The average molecular weight is 328 g/mol. The van der Waals surface area contributed by atoms with Crippen molar-refractivity contribution in [3.8, 4) is 0 Å². The van der Waals surface area contributed by atoms with E-state index >= 15 is 0 Å². The molecule has 1 N–H and O–H groups in total. The molecule has 1 amide bonds. The van der Waals surface area contributed by atoms with Gasteiger partial charge in [0, 0.05) is 33.5 Å². The fourth-order valence-electron chi connectivity index (χ4n) is 2.76. The van der Waals surface area contributed by atoms with Crippen LogP contribution in [0, 0.1) is 6.92 Å². The van der Waals surface area contributed by atoms with E-state index in [1.165, 1.54) is 4.40 Å². The molecule has 0 saturated heterocycles. The summed E-state index contributed by atoms with van der Waals surface area (Å²) in [5.41, 5.74) is 2.26. The lowest BCUT2D eigenvalue weighted by Crippen LogP contribution is -2.26. The Hall–Kier alpha value is -2.67. The highest BCUT2D eigenvalue weighted by Gasteiger charge is 2.17.